The Hall–Kier alpha value is -2.91. The van der Waals surface area contributed by atoms with Crippen LogP contribution in [0.15, 0.2) is 41.3 Å². The van der Waals surface area contributed by atoms with Crippen molar-refractivity contribution in [2.75, 3.05) is 5.32 Å². The van der Waals surface area contributed by atoms with E-state index in [0.29, 0.717) is 29.3 Å². The quantitative estimate of drug-likeness (QED) is 0.420. The highest BCUT2D eigenvalue weighted by molar-refractivity contribution is 7.99. The summed E-state index contributed by atoms with van der Waals surface area (Å²) in [5, 5.41) is 7.63. The molecule has 4 aromatic rings. The molecule has 3 heterocycles. The number of aromatic nitrogens is 4. The largest absolute Gasteiger partial charge is 0.310 e. The van der Waals surface area contributed by atoms with Crippen LogP contribution in [0.1, 0.15) is 34.3 Å². The van der Waals surface area contributed by atoms with Gasteiger partial charge < -0.3 is 10.3 Å². The molecule has 32 heavy (non-hydrogen) atoms. The number of amides is 1. The van der Waals surface area contributed by atoms with Crippen molar-refractivity contribution in [3.63, 3.8) is 0 Å². The van der Waals surface area contributed by atoms with Crippen molar-refractivity contribution < 1.29 is 4.79 Å². The first-order chi connectivity index (χ1) is 15.3. The molecule has 9 heteroatoms. The highest BCUT2D eigenvalue weighted by Gasteiger charge is 2.17. The topological polar surface area (TPSA) is 92.7 Å². The van der Waals surface area contributed by atoms with E-state index >= 15 is 0 Å². The Bertz CT molecular complexity index is 1320. The summed E-state index contributed by atoms with van der Waals surface area (Å²) in [5.41, 5.74) is 3.17. The van der Waals surface area contributed by atoms with Crippen LogP contribution in [0.4, 0.5) is 5.82 Å². The van der Waals surface area contributed by atoms with Crippen LogP contribution in [-0.2, 0) is 17.1 Å². The van der Waals surface area contributed by atoms with Crippen LogP contribution in [0.3, 0.4) is 0 Å². The number of hydrogen-bond acceptors (Lipinski definition) is 6. The number of rotatable bonds is 7. The molecule has 0 saturated carbocycles. The number of aromatic amines is 1. The van der Waals surface area contributed by atoms with E-state index in [1.807, 2.05) is 27.7 Å². The molecule has 1 atom stereocenters. The second kappa shape index (κ2) is 9.30. The standard InChI is InChI=1S/C23H25N5O2S2/c1-13-5-7-17(8-6-13)11-28-19(9-10-24-28)27-21(29)16(4)31-12-18-25-22(30)20-14(2)15(3)32-23(20)26-18/h5-10,16H,11-12H2,1-4H3,(H,27,29)(H,25,26,30). The van der Waals surface area contributed by atoms with Gasteiger partial charge in [-0.1, -0.05) is 29.8 Å². The van der Waals surface area contributed by atoms with Gasteiger partial charge in [-0.2, -0.15) is 5.10 Å². The third-order valence-corrected chi connectivity index (χ3v) is 7.60. The molecule has 1 unspecified atom stereocenters. The van der Waals surface area contributed by atoms with Crippen LogP contribution >= 0.6 is 23.1 Å². The van der Waals surface area contributed by atoms with E-state index < -0.39 is 0 Å². The van der Waals surface area contributed by atoms with E-state index in [-0.39, 0.29) is 16.7 Å². The van der Waals surface area contributed by atoms with Crippen molar-refractivity contribution in [2.24, 2.45) is 0 Å². The fourth-order valence-corrected chi connectivity index (χ4v) is 5.11. The van der Waals surface area contributed by atoms with Crippen LogP contribution < -0.4 is 10.9 Å². The number of fused-ring (bicyclic) bond motifs is 1. The maximum atomic E-state index is 12.7. The Balaban J connectivity index is 1.39. The number of benzene rings is 1. The Morgan fingerprint density at radius 3 is 2.72 bits per heavy atom. The van der Waals surface area contributed by atoms with Crippen LogP contribution in [-0.4, -0.2) is 30.9 Å². The van der Waals surface area contributed by atoms with Gasteiger partial charge in [0.1, 0.15) is 16.5 Å². The average molecular weight is 468 g/mol. The summed E-state index contributed by atoms with van der Waals surface area (Å²) in [6, 6.07) is 10.0. The zero-order valence-electron chi connectivity index (χ0n) is 18.4. The van der Waals surface area contributed by atoms with Gasteiger partial charge in [0.2, 0.25) is 5.91 Å². The number of aryl methyl sites for hydroxylation is 3. The fraction of sp³-hybridized carbons (Fsp3) is 0.304. The third kappa shape index (κ3) is 4.78. The zero-order valence-corrected chi connectivity index (χ0v) is 20.1. The SMILES string of the molecule is Cc1ccc(Cn2nccc2NC(=O)C(C)SCc2nc3sc(C)c(C)c3c(=O)[nH]2)cc1. The predicted molar refractivity (Wildman–Crippen MR) is 132 cm³/mol. The normalized spacial score (nSPS) is 12.2. The van der Waals surface area contributed by atoms with Crippen LogP contribution in [0.25, 0.3) is 10.2 Å². The van der Waals surface area contributed by atoms with E-state index in [9.17, 15) is 9.59 Å². The van der Waals surface area contributed by atoms with E-state index in [1.54, 1.807) is 16.9 Å². The number of nitrogens with zero attached hydrogens (tertiary/aromatic N) is 3. The van der Waals surface area contributed by atoms with E-state index in [4.69, 9.17) is 0 Å². The molecule has 0 bridgehead atoms. The lowest BCUT2D eigenvalue weighted by atomic mass is 10.1. The first kappa shape index (κ1) is 22.3. The molecule has 0 radical (unpaired) electrons. The molecule has 166 valence electrons. The number of carbonyl (C=O) groups excluding carboxylic acids is 1. The summed E-state index contributed by atoms with van der Waals surface area (Å²) < 4.78 is 1.77. The average Bonchev–Trinajstić information content (AvgIpc) is 3.31. The first-order valence-electron chi connectivity index (χ1n) is 10.3. The summed E-state index contributed by atoms with van der Waals surface area (Å²) in [6.45, 7) is 8.40. The summed E-state index contributed by atoms with van der Waals surface area (Å²) >= 11 is 2.95. The van der Waals surface area contributed by atoms with E-state index in [1.165, 1.54) is 28.7 Å². The number of H-pyrrole nitrogens is 1. The van der Waals surface area contributed by atoms with Gasteiger partial charge in [-0.15, -0.1) is 23.1 Å². The highest BCUT2D eigenvalue weighted by Crippen LogP contribution is 2.26. The van der Waals surface area contributed by atoms with Crippen LogP contribution in [0.2, 0.25) is 0 Å². The minimum Gasteiger partial charge on any atom is -0.310 e. The smallest absolute Gasteiger partial charge is 0.259 e. The molecule has 0 aliphatic carbocycles. The summed E-state index contributed by atoms with van der Waals surface area (Å²) in [5.74, 6) is 1.56. The first-order valence-corrected chi connectivity index (χ1v) is 12.2. The molecular weight excluding hydrogens is 442 g/mol. The van der Waals surface area contributed by atoms with Crippen molar-refractivity contribution in [3.05, 3.63) is 74.3 Å². The fourth-order valence-electron chi connectivity index (χ4n) is 3.31. The van der Waals surface area contributed by atoms with Gasteiger partial charge in [0.05, 0.1) is 29.1 Å². The van der Waals surface area contributed by atoms with E-state index in [2.05, 4.69) is 44.6 Å². The predicted octanol–water partition coefficient (Wildman–Crippen LogP) is 4.42. The van der Waals surface area contributed by atoms with Gasteiger partial charge in [0, 0.05) is 10.9 Å². The molecule has 3 aromatic heterocycles. The molecule has 1 aromatic carbocycles. The number of thioether (sulfide) groups is 1. The van der Waals surface area contributed by atoms with Gasteiger partial charge in [-0.25, -0.2) is 9.67 Å². The van der Waals surface area contributed by atoms with Gasteiger partial charge in [-0.05, 0) is 38.8 Å². The Labute approximate surface area is 194 Å². The lowest BCUT2D eigenvalue weighted by Gasteiger charge is -2.13. The van der Waals surface area contributed by atoms with Crippen LogP contribution in [0.5, 0.6) is 0 Å². The monoisotopic (exact) mass is 467 g/mol. The molecule has 7 nitrogen and oxygen atoms in total. The maximum Gasteiger partial charge on any atom is 0.259 e. The highest BCUT2D eigenvalue weighted by atomic mass is 32.2. The number of hydrogen-bond donors (Lipinski definition) is 2. The van der Waals surface area contributed by atoms with Gasteiger partial charge >= 0.3 is 0 Å². The lowest BCUT2D eigenvalue weighted by Crippen LogP contribution is -2.24. The molecule has 0 fully saturated rings. The van der Waals surface area contributed by atoms with Crippen molar-refractivity contribution in [3.8, 4) is 0 Å². The molecule has 4 rings (SSSR count). The maximum absolute atomic E-state index is 12.7. The summed E-state index contributed by atoms with van der Waals surface area (Å²) in [7, 11) is 0. The second-order valence-electron chi connectivity index (χ2n) is 7.78. The molecular formula is C23H25N5O2S2. The minimum absolute atomic E-state index is 0.119. The summed E-state index contributed by atoms with van der Waals surface area (Å²) in [4.78, 5) is 34.5. The van der Waals surface area contributed by atoms with Crippen molar-refractivity contribution in [1.82, 2.24) is 19.7 Å². The Morgan fingerprint density at radius 1 is 1.22 bits per heavy atom. The Morgan fingerprint density at radius 2 is 1.97 bits per heavy atom. The lowest BCUT2D eigenvalue weighted by molar-refractivity contribution is -0.115. The number of nitrogens with one attached hydrogen (secondary N) is 2. The van der Waals surface area contributed by atoms with Crippen LogP contribution in [0, 0.1) is 20.8 Å². The molecule has 0 saturated heterocycles. The molecule has 0 aliphatic heterocycles. The number of carbonyl (C=O) groups is 1. The molecule has 1 amide bonds. The zero-order chi connectivity index (χ0) is 22.8. The van der Waals surface area contributed by atoms with Gasteiger partial charge in [-0.3, -0.25) is 9.59 Å². The summed E-state index contributed by atoms with van der Waals surface area (Å²) in [6.07, 6.45) is 1.68. The Kier molecular flexibility index (Phi) is 6.48. The van der Waals surface area contributed by atoms with Gasteiger partial charge in [0.25, 0.3) is 5.56 Å². The molecule has 2 N–H and O–H groups in total. The van der Waals surface area contributed by atoms with Crippen molar-refractivity contribution >= 4 is 45.0 Å². The second-order valence-corrected chi connectivity index (χ2v) is 10.3. The number of anilines is 1. The van der Waals surface area contributed by atoms with Gasteiger partial charge in [0.15, 0.2) is 0 Å². The van der Waals surface area contributed by atoms with E-state index in [0.717, 1.165) is 20.8 Å². The molecule has 0 spiro atoms. The minimum atomic E-state index is -0.328. The third-order valence-electron chi connectivity index (χ3n) is 5.35. The number of thiophene rings is 1. The van der Waals surface area contributed by atoms with Crippen molar-refractivity contribution in [2.45, 2.75) is 45.2 Å². The molecule has 0 aliphatic rings. The van der Waals surface area contributed by atoms with Crippen molar-refractivity contribution in [1.29, 1.82) is 0 Å².